The van der Waals surface area contributed by atoms with Crippen LogP contribution in [-0.2, 0) is 0 Å². The number of aryl methyl sites for hydroxylation is 1. The van der Waals surface area contributed by atoms with Crippen molar-refractivity contribution in [1.82, 2.24) is 29.4 Å². The number of fused-ring (bicyclic) bond motifs is 3. The van der Waals surface area contributed by atoms with Gasteiger partial charge in [-0.25, -0.2) is 19.2 Å². The molecule has 0 amide bonds. The van der Waals surface area contributed by atoms with Gasteiger partial charge in [0.25, 0.3) is 0 Å². The van der Waals surface area contributed by atoms with E-state index in [-0.39, 0.29) is 5.75 Å². The van der Waals surface area contributed by atoms with Gasteiger partial charge >= 0.3 is 0 Å². The summed E-state index contributed by atoms with van der Waals surface area (Å²) in [6, 6.07) is 12.5. The van der Waals surface area contributed by atoms with Crippen LogP contribution in [0, 0.1) is 6.92 Å². The van der Waals surface area contributed by atoms with Crippen LogP contribution in [-0.4, -0.2) is 34.5 Å². The van der Waals surface area contributed by atoms with Gasteiger partial charge in [-0.1, -0.05) is 29.8 Å². The van der Waals surface area contributed by atoms with Crippen LogP contribution in [0.25, 0.3) is 33.8 Å². The lowest BCUT2D eigenvalue weighted by molar-refractivity contribution is 0.475. The number of aromatic hydroxyl groups is 1. The summed E-state index contributed by atoms with van der Waals surface area (Å²) in [4.78, 5) is 9.13. The molecule has 27 heavy (non-hydrogen) atoms. The van der Waals surface area contributed by atoms with Crippen molar-refractivity contribution in [3.63, 3.8) is 0 Å². The van der Waals surface area contributed by atoms with E-state index in [2.05, 4.69) is 20.2 Å². The van der Waals surface area contributed by atoms with Gasteiger partial charge in [0, 0.05) is 10.6 Å². The van der Waals surface area contributed by atoms with Crippen molar-refractivity contribution in [2.24, 2.45) is 0 Å². The van der Waals surface area contributed by atoms with Crippen LogP contribution >= 0.6 is 11.6 Å². The average molecular weight is 377 g/mol. The average Bonchev–Trinajstić information content (AvgIpc) is 3.27. The first-order valence-electron chi connectivity index (χ1n) is 8.25. The molecule has 0 saturated heterocycles. The predicted molar refractivity (Wildman–Crippen MR) is 102 cm³/mol. The third-order valence-corrected chi connectivity index (χ3v) is 4.64. The Morgan fingerprint density at radius 2 is 1.96 bits per heavy atom. The SMILES string of the molecule is Cc1ccc(Cl)cc1-n1ncc2c1ncn1nc(-c3cccc(O)c3)nc21. The van der Waals surface area contributed by atoms with E-state index in [1.807, 2.05) is 31.2 Å². The molecule has 0 radical (unpaired) electrons. The fourth-order valence-corrected chi connectivity index (χ4v) is 3.24. The van der Waals surface area contributed by atoms with Crippen molar-refractivity contribution < 1.29 is 5.11 Å². The van der Waals surface area contributed by atoms with Crippen LogP contribution in [0.15, 0.2) is 55.0 Å². The van der Waals surface area contributed by atoms with Gasteiger partial charge in [-0.3, -0.25) is 0 Å². The zero-order chi connectivity index (χ0) is 18.5. The molecule has 0 saturated carbocycles. The summed E-state index contributed by atoms with van der Waals surface area (Å²) in [7, 11) is 0. The zero-order valence-corrected chi connectivity index (χ0v) is 15.0. The fraction of sp³-hybridized carbons (Fsp3) is 0.0526. The number of aromatic nitrogens is 6. The number of rotatable bonds is 2. The molecule has 0 aliphatic rings. The van der Waals surface area contributed by atoms with Crippen LogP contribution in [0.1, 0.15) is 5.56 Å². The normalized spacial score (nSPS) is 11.5. The summed E-state index contributed by atoms with van der Waals surface area (Å²) in [5, 5.41) is 20.1. The molecule has 0 aliphatic carbocycles. The van der Waals surface area contributed by atoms with Gasteiger partial charge in [0.2, 0.25) is 0 Å². The number of halogens is 1. The van der Waals surface area contributed by atoms with Gasteiger partial charge < -0.3 is 5.11 Å². The van der Waals surface area contributed by atoms with Crippen molar-refractivity contribution in [2.75, 3.05) is 0 Å². The second-order valence-corrected chi connectivity index (χ2v) is 6.66. The maximum Gasteiger partial charge on any atom is 0.182 e. The summed E-state index contributed by atoms with van der Waals surface area (Å²) in [6.45, 7) is 1.99. The van der Waals surface area contributed by atoms with Crippen LogP contribution in [0.2, 0.25) is 5.02 Å². The highest BCUT2D eigenvalue weighted by Crippen LogP contribution is 2.26. The molecule has 0 spiro atoms. The minimum atomic E-state index is 0.166. The molecule has 3 heterocycles. The Balaban J connectivity index is 1.72. The van der Waals surface area contributed by atoms with E-state index in [1.54, 1.807) is 39.9 Å². The van der Waals surface area contributed by atoms with E-state index < -0.39 is 0 Å². The molecular weight excluding hydrogens is 364 g/mol. The zero-order valence-electron chi connectivity index (χ0n) is 14.2. The van der Waals surface area contributed by atoms with E-state index in [0.717, 1.165) is 22.2 Å². The molecule has 1 N–H and O–H groups in total. The number of phenolic OH excluding ortho intramolecular Hbond substituents is 1. The fourth-order valence-electron chi connectivity index (χ4n) is 3.08. The van der Waals surface area contributed by atoms with Crippen LogP contribution in [0.3, 0.4) is 0 Å². The second kappa shape index (κ2) is 5.78. The summed E-state index contributed by atoms with van der Waals surface area (Å²) in [5.74, 6) is 0.672. The minimum absolute atomic E-state index is 0.166. The molecule has 0 bridgehead atoms. The van der Waals surface area contributed by atoms with Gasteiger partial charge in [-0.2, -0.15) is 5.10 Å². The highest BCUT2D eigenvalue weighted by molar-refractivity contribution is 6.30. The molecule has 5 aromatic rings. The lowest BCUT2D eigenvalue weighted by Crippen LogP contribution is -2.01. The Kier molecular flexibility index (Phi) is 3.38. The Morgan fingerprint density at radius 1 is 1.07 bits per heavy atom. The van der Waals surface area contributed by atoms with Gasteiger partial charge in [0.1, 0.15) is 12.1 Å². The first-order valence-corrected chi connectivity index (χ1v) is 8.63. The Morgan fingerprint density at radius 3 is 2.81 bits per heavy atom. The monoisotopic (exact) mass is 376 g/mol. The lowest BCUT2D eigenvalue weighted by atomic mass is 10.2. The van der Waals surface area contributed by atoms with Gasteiger partial charge in [-0.05, 0) is 36.8 Å². The van der Waals surface area contributed by atoms with Gasteiger partial charge in [0.15, 0.2) is 17.1 Å². The molecule has 2 aromatic carbocycles. The Hall–Kier alpha value is -3.45. The first kappa shape index (κ1) is 15.8. The third-order valence-electron chi connectivity index (χ3n) is 4.41. The second-order valence-electron chi connectivity index (χ2n) is 6.22. The summed E-state index contributed by atoms with van der Waals surface area (Å²) < 4.78 is 3.36. The Labute approximate surface area is 158 Å². The molecule has 8 heteroatoms. The number of hydrogen-bond donors (Lipinski definition) is 1. The standard InChI is InChI=1S/C19H13ClN6O/c1-11-5-6-13(20)8-16(11)26-18-15(9-22-26)19-23-17(24-25(19)10-21-18)12-3-2-4-14(27)7-12/h2-10,27H,1H3. The number of nitrogens with zero attached hydrogens (tertiary/aromatic N) is 6. The lowest BCUT2D eigenvalue weighted by Gasteiger charge is -2.07. The quantitative estimate of drug-likeness (QED) is 0.507. The molecule has 0 fully saturated rings. The molecular formula is C19H13ClN6O. The topological polar surface area (TPSA) is 81.1 Å². The molecule has 0 unspecified atom stereocenters. The summed E-state index contributed by atoms with van der Waals surface area (Å²) in [6.07, 6.45) is 3.33. The smallest absolute Gasteiger partial charge is 0.182 e. The van der Waals surface area contributed by atoms with E-state index >= 15 is 0 Å². The van der Waals surface area contributed by atoms with Gasteiger partial charge in [-0.15, -0.1) is 5.10 Å². The number of benzene rings is 2. The maximum atomic E-state index is 9.70. The Bertz CT molecular complexity index is 1320. The molecule has 0 atom stereocenters. The molecule has 0 aliphatic heterocycles. The molecule has 132 valence electrons. The van der Waals surface area contributed by atoms with E-state index in [9.17, 15) is 5.11 Å². The van der Waals surface area contributed by atoms with E-state index in [1.165, 1.54) is 0 Å². The van der Waals surface area contributed by atoms with Crippen molar-refractivity contribution in [3.05, 3.63) is 65.6 Å². The van der Waals surface area contributed by atoms with Crippen LogP contribution in [0.5, 0.6) is 5.75 Å². The number of phenols is 1. The maximum absolute atomic E-state index is 9.70. The molecule has 7 nitrogen and oxygen atoms in total. The molecule has 3 aromatic heterocycles. The van der Waals surface area contributed by atoms with Crippen molar-refractivity contribution >= 4 is 28.3 Å². The highest BCUT2D eigenvalue weighted by Gasteiger charge is 2.15. The third kappa shape index (κ3) is 2.51. The highest BCUT2D eigenvalue weighted by atomic mass is 35.5. The first-order chi connectivity index (χ1) is 13.1. The van der Waals surface area contributed by atoms with Crippen LogP contribution < -0.4 is 0 Å². The predicted octanol–water partition coefficient (Wildman–Crippen LogP) is 3.80. The number of hydrogen-bond acceptors (Lipinski definition) is 5. The van der Waals surface area contributed by atoms with E-state index in [4.69, 9.17) is 11.6 Å². The van der Waals surface area contributed by atoms with Gasteiger partial charge in [0.05, 0.1) is 17.3 Å². The van der Waals surface area contributed by atoms with Crippen molar-refractivity contribution in [3.8, 4) is 22.8 Å². The van der Waals surface area contributed by atoms with Crippen molar-refractivity contribution in [2.45, 2.75) is 6.92 Å². The summed E-state index contributed by atoms with van der Waals surface area (Å²) in [5.41, 5.74) is 3.94. The molecule has 5 rings (SSSR count). The van der Waals surface area contributed by atoms with Crippen LogP contribution in [0.4, 0.5) is 0 Å². The van der Waals surface area contributed by atoms with Crippen molar-refractivity contribution in [1.29, 1.82) is 0 Å². The van der Waals surface area contributed by atoms with E-state index in [0.29, 0.717) is 22.1 Å². The largest absolute Gasteiger partial charge is 0.508 e. The summed E-state index contributed by atoms with van der Waals surface area (Å²) >= 11 is 6.16. The minimum Gasteiger partial charge on any atom is -0.508 e.